The number of halogens is 2. The van der Waals surface area contributed by atoms with Crippen molar-refractivity contribution in [2.45, 2.75) is 38.3 Å². The van der Waals surface area contributed by atoms with E-state index in [-0.39, 0.29) is 24.3 Å². The third-order valence-electron chi connectivity index (χ3n) is 4.66. The third kappa shape index (κ3) is 3.90. The van der Waals surface area contributed by atoms with Crippen molar-refractivity contribution >= 4 is 21.8 Å². The van der Waals surface area contributed by atoms with Gasteiger partial charge in [-0.05, 0) is 58.1 Å². The number of pyridine rings is 1. The quantitative estimate of drug-likeness (QED) is 0.827. The van der Waals surface area contributed by atoms with Crippen LogP contribution >= 0.6 is 15.9 Å². The molecule has 2 atom stereocenters. The van der Waals surface area contributed by atoms with Crippen LogP contribution in [0.15, 0.2) is 41.1 Å². The molecule has 1 aliphatic carbocycles. The fourth-order valence-corrected chi connectivity index (χ4v) is 3.72. The first-order valence-corrected chi connectivity index (χ1v) is 9.13. The summed E-state index contributed by atoms with van der Waals surface area (Å²) in [4.78, 5) is 18.2. The molecule has 1 N–H and O–H groups in total. The first-order chi connectivity index (χ1) is 12.0. The third-order valence-corrected chi connectivity index (χ3v) is 5.26. The first kappa shape index (κ1) is 18.0. The van der Waals surface area contributed by atoms with E-state index in [0.29, 0.717) is 29.3 Å². The van der Waals surface area contributed by atoms with E-state index in [1.165, 1.54) is 6.07 Å². The van der Waals surface area contributed by atoms with Crippen molar-refractivity contribution in [2.24, 2.45) is 0 Å². The van der Waals surface area contributed by atoms with Crippen LogP contribution in [0.4, 0.5) is 4.39 Å². The second kappa shape index (κ2) is 7.62. The minimum Gasteiger partial charge on any atom is -0.386 e. The Hall–Kier alpha value is -1.79. The number of hydrogen-bond donors (Lipinski definition) is 1. The predicted molar refractivity (Wildman–Crippen MR) is 96.5 cm³/mol. The van der Waals surface area contributed by atoms with Crippen LogP contribution in [0.25, 0.3) is 0 Å². The van der Waals surface area contributed by atoms with Gasteiger partial charge < -0.3 is 10.0 Å². The number of nitrogens with zero attached hydrogens (tertiary/aromatic N) is 2. The van der Waals surface area contributed by atoms with Crippen LogP contribution in [0.3, 0.4) is 0 Å². The van der Waals surface area contributed by atoms with E-state index in [4.69, 9.17) is 0 Å². The number of aliphatic hydroxyl groups excluding tert-OH is 1. The zero-order chi connectivity index (χ0) is 18.0. The van der Waals surface area contributed by atoms with Gasteiger partial charge in [-0.25, -0.2) is 4.39 Å². The molecule has 0 saturated carbocycles. The smallest absolute Gasteiger partial charge is 0.222 e. The van der Waals surface area contributed by atoms with Gasteiger partial charge >= 0.3 is 0 Å². The summed E-state index contributed by atoms with van der Waals surface area (Å²) >= 11 is 3.22. The van der Waals surface area contributed by atoms with Gasteiger partial charge in [-0.3, -0.25) is 9.78 Å². The maximum atomic E-state index is 13.8. The Morgan fingerprint density at radius 2 is 2.16 bits per heavy atom. The number of aliphatic hydroxyl groups is 1. The topological polar surface area (TPSA) is 53.4 Å². The van der Waals surface area contributed by atoms with Gasteiger partial charge in [0.2, 0.25) is 5.91 Å². The first-order valence-electron chi connectivity index (χ1n) is 8.33. The fraction of sp³-hybridized carbons (Fsp3) is 0.368. The van der Waals surface area contributed by atoms with Gasteiger partial charge in [0, 0.05) is 30.4 Å². The minimum atomic E-state index is -0.795. The average Bonchev–Trinajstić information content (AvgIpc) is 3.02. The lowest BCUT2D eigenvalue weighted by atomic mass is 10.1. The zero-order valence-corrected chi connectivity index (χ0v) is 15.5. The molecule has 0 fully saturated rings. The molecule has 1 aromatic heterocycles. The molecule has 0 bridgehead atoms. The Labute approximate surface area is 154 Å². The highest BCUT2D eigenvalue weighted by molar-refractivity contribution is 9.10. The van der Waals surface area contributed by atoms with Crippen molar-refractivity contribution in [3.05, 3.63) is 63.6 Å². The summed E-state index contributed by atoms with van der Waals surface area (Å²) in [5.74, 6) is -0.302. The number of carbonyl (C=O) groups is 1. The lowest BCUT2D eigenvalue weighted by Crippen LogP contribution is -2.43. The lowest BCUT2D eigenvalue weighted by molar-refractivity contribution is -0.134. The average molecular weight is 407 g/mol. The summed E-state index contributed by atoms with van der Waals surface area (Å²) in [6.07, 6.45) is 4.09. The van der Waals surface area contributed by atoms with Gasteiger partial charge in [-0.15, -0.1) is 0 Å². The van der Waals surface area contributed by atoms with Crippen LogP contribution in [0.5, 0.6) is 0 Å². The molecule has 1 amide bonds. The molecule has 25 heavy (non-hydrogen) atoms. The van der Waals surface area contributed by atoms with Crippen LogP contribution in [0.2, 0.25) is 0 Å². The zero-order valence-electron chi connectivity index (χ0n) is 14.0. The summed E-state index contributed by atoms with van der Waals surface area (Å²) in [6.45, 7) is 2.02. The molecule has 0 saturated heterocycles. The molecule has 132 valence electrons. The van der Waals surface area contributed by atoms with Gasteiger partial charge in [0.1, 0.15) is 5.82 Å². The lowest BCUT2D eigenvalue weighted by Gasteiger charge is -2.31. The molecule has 1 heterocycles. The van der Waals surface area contributed by atoms with Gasteiger partial charge in [-0.1, -0.05) is 13.0 Å². The Bertz CT molecular complexity index is 739. The Kier molecular flexibility index (Phi) is 5.49. The van der Waals surface area contributed by atoms with Crippen molar-refractivity contribution in [1.29, 1.82) is 0 Å². The molecule has 0 spiro atoms. The van der Waals surface area contributed by atoms with Crippen LogP contribution in [-0.4, -0.2) is 33.5 Å². The van der Waals surface area contributed by atoms with Gasteiger partial charge in [0.25, 0.3) is 0 Å². The Balaban J connectivity index is 1.79. The van der Waals surface area contributed by atoms with E-state index in [1.807, 2.05) is 6.92 Å². The normalized spacial score (nSPS) is 17.2. The standard InChI is InChI=1S/C19H20BrFN2O2/c1-2-19(25)23(11-18(24)12-4-3-5-22-10-12)15-6-13-8-16(20)17(21)9-14(13)7-15/h3-5,8-10,15,18,24H,2,6-7,11H2,1H3. The van der Waals surface area contributed by atoms with Crippen molar-refractivity contribution in [3.63, 3.8) is 0 Å². The molecule has 2 aromatic rings. The molecule has 4 nitrogen and oxygen atoms in total. The molecule has 0 radical (unpaired) electrons. The summed E-state index contributed by atoms with van der Waals surface area (Å²) in [5, 5.41) is 10.5. The number of hydrogen-bond acceptors (Lipinski definition) is 3. The number of fused-ring (bicyclic) bond motifs is 1. The van der Waals surface area contributed by atoms with Crippen LogP contribution in [0, 0.1) is 5.82 Å². The van der Waals surface area contributed by atoms with E-state index >= 15 is 0 Å². The number of aromatic nitrogens is 1. The second-order valence-electron chi connectivity index (χ2n) is 6.30. The highest BCUT2D eigenvalue weighted by Crippen LogP contribution is 2.31. The number of carbonyl (C=O) groups excluding carboxylic acids is 1. The number of amides is 1. The molecular weight excluding hydrogens is 387 g/mol. The van der Waals surface area contributed by atoms with E-state index < -0.39 is 6.10 Å². The maximum Gasteiger partial charge on any atom is 0.222 e. The van der Waals surface area contributed by atoms with Gasteiger partial charge in [0.15, 0.2) is 0 Å². The number of rotatable bonds is 5. The van der Waals surface area contributed by atoms with E-state index in [0.717, 1.165) is 11.1 Å². The van der Waals surface area contributed by atoms with E-state index in [9.17, 15) is 14.3 Å². The van der Waals surface area contributed by atoms with Crippen LogP contribution < -0.4 is 0 Å². The van der Waals surface area contributed by atoms with Crippen molar-refractivity contribution in [2.75, 3.05) is 6.54 Å². The summed E-state index contributed by atoms with van der Waals surface area (Å²) in [7, 11) is 0. The largest absolute Gasteiger partial charge is 0.386 e. The maximum absolute atomic E-state index is 13.8. The highest BCUT2D eigenvalue weighted by atomic mass is 79.9. The predicted octanol–water partition coefficient (Wildman–Crippen LogP) is 3.42. The highest BCUT2D eigenvalue weighted by Gasteiger charge is 2.31. The minimum absolute atomic E-state index is 0.0136. The van der Waals surface area contributed by atoms with Crippen LogP contribution in [0.1, 0.15) is 36.1 Å². The molecule has 3 rings (SSSR count). The molecule has 1 aliphatic rings. The van der Waals surface area contributed by atoms with Crippen LogP contribution in [-0.2, 0) is 17.6 Å². The second-order valence-corrected chi connectivity index (χ2v) is 7.15. The Morgan fingerprint density at radius 3 is 2.80 bits per heavy atom. The number of benzene rings is 1. The molecule has 0 aliphatic heterocycles. The molecule has 6 heteroatoms. The van der Waals surface area contributed by atoms with Crippen molar-refractivity contribution in [1.82, 2.24) is 9.88 Å². The van der Waals surface area contributed by atoms with Gasteiger partial charge in [-0.2, -0.15) is 0 Å². The van der Waals surface area contributed by atoms with Crippen molar-refractivity contribution in [3.8, 4) is 0 Å². The van der Waals surface area contributed by atoms with E-state index in [1.54, 1.807) is 35.5 Å². The summed E-state index contributed by atoms with van der Waals surface area (Å²) in [6, 6.07) is 6.81. The summed E-state index contributed by atoms with van der Waals surface area (Å²) < 4.78 is 14.2. The molecule has 2 unspecified atom stereocenters. The molecule has 1 aromatic carbocycles. The monoisotopic (exact) mass is 406 g/mol. The SMILES string of the molecule is CCC(=O)N(CC(O)c1cccnc1)C1Cc2cc(F)c(Br)cc2C1. The van der Waals surface area contributed by atoms with E-state index in [2.05, 4.69) is 20.9 Å². The molecular formula is C19H20BrFN2O2. The van der Waals surface area contributed by atoms with Crippen molar-refractivity contribution < 1.29 is 14.3 Å². The Morgan fingerprint density at radius 1 is 1.44 bits per heavy atom. The summed E-state index contributed by atoms with van der Waals surface area (Å²) in [5.41, 5.74) is 2.65. The van der Waals surface area contributed by atoms with Gasteiger partial charge in [0.05, 0.1) is 17.1 Å². The fourth-order valence-electron chi connectivity index (χ4n) is 3.33.